The van der Waals surface area contributed by atoms with Crippen LogP contribution in [0.1, 0.15) is 40.0 Å². The van der Waals surface area contributed by atoms with Crippen LogP contribution in [0.5, 0.6) is 0 Å². The Balaban J connectivity index is 1.53. The molecule has 0 radical (unpaired) electrons. The summed E-state index contributed by atoms with van der Waals surface area (Å²) in [5, 5.41) is 8.98. The van der Waals surface area contributed by atoms with Crippen molar-refractivity contribution in [3.8, 4) is 0 Å². The minimum absolute atomic E-state index is 0.178. The van der Waals surface area contributed by atoms with E-state index >= 15 is 0 Å². The lowest BCUT2D eigenvalue weighted by Gasteiger charge is -2.43. The molecule has 2 fully saturated rings. The molecule has 1 aromatic heterocycles. The summed E-state index contributed by atoms with van der Waals surface area (Å²) in [6, 6.07) is 2.59. The highest BCUT2D eigenvalue weighted by molar-refractivity contribution is 5.69. The maximum absolute atomic E-state index is 12.6. The largest absolute Gasteiger partial charge is 0.444 e. The van der Waals surface area contributed by atoms with Gasteiger partial charge in [-0.3, -0.25) is 5.01 Å². The molecule has 0 unspecified atom stereocenters. The van der Waals surface area contributed by atoms with Gasteiger partial charge in [-0.15, -0.1) is 0 Å². The molecule has 4 heterocycles. The van der Waals surface area contributed by atoms with Crippen LogP contribution in [-0.4, -0.2) is 56.6 Å². The van der Waals surface area contributed by atoms with Crippen molar-refractivity contribution in [2.24, 2.45) is 0 Å². The van der Waals surface area contributed by atoms with E-state index in [2.05, 4.69) is 27.4 Å². The van der Waals surface area contributed by atoms with E-state index < -0.39 is 5.60 Å². The van der Waals surface area contributed by atoms with Gasteiger partial charge >= 0.3 is 6.09 Å². The molecule has 0 bridgehead atoms. The number of likely N-dealkylation sites (tertiary alicyclic amines) is 1. The minimum atomic E-state index is -0.454. The van der Waals surface area contributed by atoms with Crippen LogP contribution >= 0.6 is 0 Å². The third-order valence-electron chi connectivity index (χ3n) is 5.14. The van der Waals surface area contributed by atoms with Gasteiger partial charge in [-0.25, -0.2) is 14.5 Å². The number of carbonyl (C=O) groups excluding carboxylic acids is 1. The normalized spacial score (nSPS) is 26.5. The minimum Gasteiger partial charge on any atom is -0.444 e. The molecular formula is C18H27N5O2. The van der Waals surface area contributed by atoms with Gasteiger partial charge in [0.05, 0.1) is 24.8 Å². The number of fused-ring (bicyclic) bond motifs is 2. The molecule has 1 aromatic rings. The molecule has 0 aromatic carbocycles. The molecule has 7 heteroatoms. The number of aromatic nitrogens is 2. The summed E-state index contributed by atoms with van der Waals surface area (Å²) < 4.78 is 7.64. The molecule has 3 aliphatic heterocycles. The molecule has 3 aliphatic rings. The quantitative estimate of drug-likeness (QED) is 0.783. The van der Waals surface area contributed by atoms with Gasteiger partial charge in [0, 0.05) is 25.4 Å². The topological polar surface area (TPSA) is 53.8 Å². The molecule has 0 saturated carbocycles. The summed E-state index contributed by atoms with van der Waals surface area (Å²) in [6.07, 6.45) is 9.01. The van der Waals surface area contributed by atoms with Crippen LogP contribution < -0.4 is 5.01 Å². The van der Waals surface area contributed by atoms with Gasteiger partial charge in [-0.1, -0.05) is 0 Å². The molecule has 0 N–H and O–H groups in total. The van der Waals surface area contributed by atoms with E-state index in [4.69, 9.17) is 4.74 Å². The highest BCUT2D eigenvalue weighted by Crippen LogP contribution is 2.35. The van der Waals surface area contributed by atoms with Gasteiger partial charge in [0.25, 0.3) is 0 Å². The summed E-state index contributed by atoms with van der Waals surface area (Å²) in [5.41, 5.74) is -0.454. The molecule has 2 atom stereocenters. The van der Waals surface area contributed by atoms with Crippen molar-refractivity contribution < 1.29 is 9.53 Å². The predicted octanol–water partition coefficient (Wildman–Crippen LogP) is 2.61. The second-order valence-electron chi connectivity index (χ2n) is 8.00. The smallest absolute Gasteiger partial charge is 0.410 e. The maximum atomic E-state index is 12.6. The second-order valence-corrected chi connectivity index (χ2v) is 8.00. The Morgan fingerprint density at radius 1 is 1.24 bits per heavy atom. The molecule has 0 spiro atoms. The van der Waals surface area contributed by atoms with E-state index in [1.807, 2.05) is 42.6 Å². The van der Waals surface area contributed by atoms with E-state index in [1.54, 1.807) is 0 Å². The Kier molecular flexibility index (Phi) is 3.98. The van der Waals surface area contributed by atoms with E-state index in [-0.39, 0.29) is 12.1 Å². The number of nitrogens with zero attached hydrogens (tertiary/aromatic N) is 5. The zero-order chi connectivity index (χ0) is 17.6. The second kappa shape index (κ2) is 6.05. The predicted molar refractivity (Wildman–Crippen MR) is 94.9 cm³/mol. The van der Waals surface area contributed by atoms with E-state index in [1.165, 1.54) is 0 Å². The summed E-state index contributed by atoms with van der Waals surface area (Å²) in [5.74, 6) is 1.09. The molecule has 1 amide bonds. The van der Waals surface area contributed by atoms with Gasteiger partial charge in [0.1, 0.15) is 11.4 Å². The van der Waals surface area contributed by atoms with Crippen molar-refractivity contribution in [2.45, 2.75) is 64.3 Å². The van der Waals surface area contributed by atoms with Crippen molar-refractivity contribution in [3.63, 3.8) is 0 Å². The van der Waals surface area contributed by atoms with E-state index in [0.717, 1.165) is 44.7 Å². The van der Waals surface area contributed by atoms with Crippen LogP contribution in [0, 0.1) is 0 Å². The van der Waals surface area contributed by atoms with Crippen molar-refractivity contribution >= 4 is 11.9 Å². The summed E-state index contributed by atoms with van der Waals surface area (Å²) >= 11 is 0. The fourth-order valence-electron chi connectivity index (χ4n) is 4.18. The molecule has 4 rings (SSSR count). The van der Waals surface area contributed by atoms with Crippen molar-refractivity contribution in [1.82, 2.24) is 19.7 Å². The number of hydrogen-bond donors (Lipinski definition) is 0. The Bertz CT molecular complexity index is 677. The number of hydrogen-bond acceptors (Lipinski definition) is 5. The molecule has 2 saturated heterocycles. The molecule has 0 aliphatic carbocycles. The van der Waals surface area contributed by atoms with E-state index in [9.17, 15) is 4.79 Å². The number of rotatable bonds is 1. The van der Waals surface area contributed by atoms with E-state index in [0.29, 0.717) is 6.04 Å². The third kappa shape index (κ3) is 3.01. The molecule has 7 nitrogen and oxygen atoms in total. The van der Waals surface area contributed by atoms with Crippen LogP contribution in [-0.2, 0) is 11.3 Å². The fraction of sp³-hybridized carbons (Fsp3) is 0.667. The number of allylic oxidation sites excluding steroid dienone is 1. The first kappa shape index (κ1) is 16.4. The average molecular weight is 345 g/mol. The van der Waals surface area contributed by atoms with Crippen molar-refractivity contribution in [2.75, 3.05) is 18.1 Å². The van der Waals surface area contributed by atoms with Crippen LogP contribution in [0.4, 0.5) is 10.6 Å². The van der Waals surface area contributed by atoms with Gasteiger partial charge in [0.15, 0.2) is 0 Å². The number of carbonyl (C=O) groups is 1. The Labute approximate surface area is 148 Å². The van der Waals surface area contributed by atoms with Gasteiger partial charge in [0.2, 0.25) is 0 Å². The molecule has 25 heavy (non-hydrogen) atoms. The first-order chi connectivity index (χ1) is 11.9. The summed E-state index contributed by atoms with van der Waals surface area (Å²) in [6.45, 7) is 8.31. The first-order valence-corrected chi connectivity index (χ1v) is 9.18. The number of anilines is 1. The third-order valence-corrected chi connectivity index (χ3v) is 5.14. The molecular weight excluding hydrogens is 318 g/mol. The van der Waals surface area contributed by atoms with Gasteiger partial charge in [-0.05, 0) is 46.1 Å². The average Bonchev–Trinajstić information content (AvgIpc) is 3.19. The van der Waals surface area contributed by atoms with Crippen LogP contribution in [0.3, 0.4) is 0 Å². The lowest BCUT2D eigenvalue weighted by atomic mass is 9.98. The summed E-state index contributed by atoms with van der Waals surface area (Å²) in [4.78, 5) is 14.6. The molecule has 136 valence electrons. The van der Waals surface area contributed by atoms with Gasteiger partial charge < -0.3 is 9.64 Å². The fourth-order valence-corrected chi connectivity index (χ4v) is 4.18. The van der Waals surface area contributed by atoms with Crippen LogP contribution in [0.2, 0.25) is 0 Å². The standard InChI is InChI=1S/C18H27N5O2/c1-18(2,3)25-17(24)20-10-4-6-15-14(20)8-13-22(15)23-12-5-11-21-16(23)7-9-19-21/h5,7,9,12,14-15H,4,6,8,10-11,13H2,1-3H3/t14-,15-/m1/s1. The van der Waals surface area contributed by atoms with Crippen LogP contribution in [0.15, 0.2) is 24.5 Å². The summed E-state index contributed by atoms with van der Waals surface area (Å²) in [7, 11) is 0. The Morgan fingerprint density at radius 2 is 2.08 bits per heavy atom. The zero-order valence-electron chi connectivity index (χ0n) is 15.3. The Morgan fingerprint density at radius 3 is 2.88 bits per heavy atom. The Hall–Kier alpha value is -2.02. The number of hydrazine groups is 1. The highest BCUT2D eigenvalue weighted by atomic mass is 16.6. The first-order valence-electron chi connectivity index (χ1n) is 9.18. The van der Waals surface area contributed by atoms with Crippen LogP contribution in [0.25, 0.3) is 0 Å². The van der Waals surface area contributed by atoms with Crippen molar-refractivity contribution in [1.29, 1.82) is 0 Å². The lowest BCUT2D eigenvalue weighted by Crippen LogP contribution is -2.55. The number of ether oxygens (including phenoxy) is 1. The SMILES string of the molecule is CC(C)(C)OC(=O)N1CCC[C@@H]2[C@H]1CCN2N1C=CCn2nccc21. The van der Waals surface area contributed by atoms with Gasteiger partial charge in [-0.2, -0.15) is 5.10 Å². The number of amides is 1. The monoisotopic (exact) mass is 345 g/mol. The maximum Gasteiger partial charge on any atom is 0.410 e. The van der Waals surface area contributed by atoms with Crippen molar-refractivity contribution in [3.05, 3.63) is 24.5 Å². The lowest BCUT2D eigenvalue weighted by molar-refractivity contribution is 0.00337. The highest BCUT2D eigenvalue weighted by Gasteiger charge is 2.45. The number of piperidine rings is 1. The zero-order valence-corrected chi connectivity index (χ0v) is 15.3.